The van der Waals surface area contributed by atoms with E-state index in [4.69, 9.17) is 0 Å². The van der Waals surface area contributed by atoms with E-state index in [2.05, 4.69) is 59.9 Å². The van der Waals surface area contributed by atoms with E-state index in [1.807, 2.05) is 11.8 Å². The molecule has 0 amide bonds. The molecule has 1 nitrogen and oxygen atoms in total. The summed E-state index contributed by atoms with van der Waals surface area (Å²) in [5, 5.41) is 3.98. The van der Waals surface area contributed by atoms with Gasteiger partial charge >= 0.3 is 0 Å². The van der Waals surface area contributed by atoms with Gasteiger partial charge in [0.1, 0.15) is 0 Å². The Kier molecular flexibility index (Phi) is 5.29. The quantitative estimate of drug-likeness (QED) is 0.452. The Morgan fingerprint density at radius 1 is 0.778 bits per heavy atom. The molecule has 2 heteroatoms. The average Bonchev–Trinajstić information content (AvgIpc) is 2.70. The molecular weight excluding hydrogens is 346 g/mol. The summed E-state index contributed by atoms with van der Waals surface area (Å²) in [5.41, 5.74) is 2.70. The van der Waals surface area contributed by atoms with Gasteiger partial charge in [0.2, 0.25) is 0 Å². The Labute approximate surface area is 168 Å². The third kappa shape index (κ3) is 3.84. The first-order valence-electron chi connectivity index (χ1n) is 10.9. The topological polar surface area (TPSA) is 12.0 Å². The lowest BCUT2D eigenvalue weighted by atomic mass is 9.54. The highest BCUT2D eigenvalue weighted by atomic mass is 32.2. The zero-order valence-electron chi connectivity index (χ0n) is 16.1. The normalized spacial score (nSPS) is 31.3. The average molecular weight is 378 g/mol. The van der Waals surface area contributed by atoms with Gasteiger partial charge in [0.05, 0.1) is 0 Å². The predicted molar refractivity (Wildman–Crippen MR) is 116 cm³/mol. The highest BCUT2D eigenvalue weighted by Crippen LogP contribution is 2.53. The fourth-order valence-electron chi connectivity index (χ4n) is 6.23. The van der Waals surface area contributed by atoms with E-state index in [0.29, 0.717) is 0 Å². The molecule has 1 N–H and O–H groups in total. The third-order valence-corrected chi connectivity index (χ3v) is 8.32. The van der Waals surface area contributed by atoms with E-state index in [0.717, 1.165) is 29.7 Å². The molecule has 0 unspecified atom stereocenters. The molecule has 0 aliphatic heterocycles. The molecule has 0 aromatic heterocycles. The van der Waals surface area contributed by atoms with Gasteiger partial charge in [-0.1, -0.05) is 48.5 Å². The van der Waals surface area contributed by atoms with Crippen molar-refractivity contribution < 1.29 is 0 Å². The molecule has 4 aliphatic rings. The Morgan fingerprint density at radius 3 is 2.19 bits per heavy atom. The van der Waals surface area contributed by atoms with Gasteiger partial charge in [0, 0.05) is 10.9 Å². The molecule has 0 atom stereocenters. The Hall–Kier alpha value is -1.25. The summed E-state index contributed by atoms with van der Waals surface area (Å²) in [6.07, 6.45) is 8.88. The molecule has 27 heavy (non-hydrogen) atoms. The van der Waals surface area contributed by atoms with Gasteiger partial charge in [-0.25, -0.2) is 0 Å². The van der Waals surface area contributed by atoms with Gasteiger partial charge in [-0.15, -0.1) is 11.8 Å². The largest absolute Gasteiger partial charge is 0.313 e. The van der Waals surface area contributed by atoms with Gasteiger partial charge in [-0.3, -0.25) is 0 Å². The van der Waals surface area contributed by atoms with Crippen molar-refractivity contribution in [2.75, 3.05) is 12.3 Å². The van der Waals surface area contributed by atoms with E-state index in [9.17, 15) is 0 Å². The molecular formula is C25H31NS. The SMILES string of the molecule is c1ccc(-c2ccccc2SCCCNC2C3CC4CC(C3)CC2C4)cc1. The number of rotatable bonds is 7. The van der Waals surface area contributed by atoms with E-state index >= 15 is 0 Å². The lowest BCUT2D eigenvalue weighted by Gasteiger charge is -2.54. The second kappa shape index (κ2) is 8.01. The van der Waals surface area contributed by atoms with Crippen molar-refractivity contribution in [1.82, 2.24) is 5.32 Å². The van der Waals surface area contributed by atoms with Crippen LogP contribution in [0.15, 0.2) is 59.5 Å². The van der Waals surface area contributed by atoms with Gasteiger partial charge in [-0.05, 0) is 91.7 Å². The van der Waals surface area contributed by atoms with Gasteiger partial charge in [-0.2, -0.15) is 0 Å². The minimum Gasteiger partial charge on any atom is -0.313 e. The maximum absolute atomic E-state index is 3.98. The molecule has 2 aromatic carbocycles. The maximum atomic E-state index is 3.98. The van der Waals surface area contributed by atoms with Crippen molar-refractivity contribution in [2.45, 2.75) is 49.5 Å². The Morgan fingerprint density at radius 2 is 1.44 bits per heavy atom. The van der Waals surface area contributed by atoms with Crippen molar-refractivity contribution in [3.05, 3.63) is 54.6 Å². The minimum atomic E-state index is 0.833. The molecule has 0 heterocycles. The maximum Gasteiger partial charge on any atom is 0.0150 e. The smallest absolute Gasteiger partial charge is 0.0150 e. The van der Waals surface area contributed by atoms with E-state index in [1.165, 1.54) is 60.4 Å². The van der Waals surface area contributed by atoms with Crippen LogP contribution in [0.5, 0.6) is 0 Å². The number of hydrogen-bond acceptors (Lipinski definition) is 2. The minimum absolute atomic E-state index is 0.833. The molecule has 6 rings (SSSR count). The van der Waals surface area contributed by atoms with Crippen LogP contribution in [-0.4, -0.2) is 18.3 Å². The first-order chi connectivity index (χ1) is 13.4. The standard InChI is InChI=1S/C25H31NS/c1-2-7-20(8-3-1)23-9-4-5-10-24(23)27-12-6-11-26-25-21-14-18-13-19(16-21)17-22(25)15-18/h1-5,7-10,18-19,21-22,25-26H,6,11-17H2. The summed E-state index contributed by atoms with van der Waals surface area (Å²) in [5.74, 6) is 5.34. The zero-order valence-corrected chi connectivity index (χ0v) is 17.0. The number of benzene rings is 2. The molecule has 4 saturated carbocycles. The van der Waals surface area contributed by atoms with Crippen LogP contribution in [0.3, 0.4) is 0 Å². The van der Waals surface area contributed by atoms with Crippen LogP contribution in [-0.2, 0) is 0 Å². The van der Waals surface area contributed by atoms with Crippen LogP contribution in [0, 0.1) is 23.7 Å². The Bertz CT molecular complexity index is 728. The fraction of sp³-hybridized carbons (Fsp3) is 0.520. The van der Waals surface area contributed by atoms with Crippen LogP contribution in [0.2, 0.25) is 0 Å². The number of hydrogen-bond donors (Lipinski definition) is 1. The highest BCUT2D eigenvalue weighted by Gasteiger charge is 2.47. The van der Waals surface area contributed by atoms with E-state index < -0.39 is 0 Å². The van der Waals surface area contributed by atoms with Gasteiger partial charge in [0.15, 0.2) is 0 Å². The zero-order chi connectivity index (χ0) is 18.1. The van der Waals surface area contributed by atoms with E-state index in [1.54, 1.807) is 6.42 Å². The molecule has 2 aromatic rings. The number of thioether (sulfide) groups is 1. The molecule has 4 bridgehead atoms. The fourth-order valence-corrected chi connectivity index (χ4v) is 7.25. The first-order valence-corrected chi connectivity index (χ1v) is 11.9. The van der Waals surface area contributed by atoms with E-state index in [-0.39, 0.29) is 0 Å². The van der Waals surface area contributed by atoms with Crippen molar-refractivity contribution in [1.29, 1.82) is 0 Å². The number of nitrogens with one attached hydrogen (secondary N) is 1. The van der Waals surface area contributed by atoms with Crippen molar-refractivity contribution in [3.63, 3.8) is 0 Å². The van der Waals surface area contributed by atoms with Gasteiger partial charge < -0.3 is 5.32 Å². The second-order valence-corrected chi connectivity index (χ2v) is 10.1. The summed E-state index contributed by atoms with van der Waals surface area (Å²) in [6, 6.07) is 20.5. The van der Waals surface area contributed by atoms with Crippen LogP contribution < -0.4 is 5.32 Å². The predicted octanol–water partition coefficient (Wildman–Crippen LogP) is 6.25. The monoisotopic (exact) mass is 377 g/mol. The van der Waals surface area contributed by atoms with Crippen molar-refractivity contribution >= 4 is 11.8 Å². The third-order valence-electron chi connectivity index (χ3n) is 7.16. The van der Waals surface area contributed by atoms with Crippen LogP contribution >= 0.6 is 11.8 Å². The van der Waals surface area contributed by atoms with Crippen molar-refractivity contribution in [2.24, 2.45) is 23.7 Å². The molecule has 4 aliphatic carbocycles. The second-order valence-electron chi connectivity index (χ2n) is 8.97. The summed E-state index contributed by atoms with van der Waals surface area (Å²) >= 11 is 2.02. The molecule has 4 fully saturated rings. The van der Waals surface area contributed by atoms with Crippen LogP contribution in [0.4, 0.5) is 0 Å². The summed E-state index contributed by atoms with van der Waals surface area (Å²) in [7, 11) is 0. The molecule has 0 spiro atoms. The van der Waals surface area contributed by atoms with Crippen LogP contribution in [0.1, 0.15) is 38.5 Å². The molecule has 0 saturated heterocycles. The van der Waals surface area contributed by atoms with Gasteiger partial charge in [0.25, 0.3) is 0 Å². The molecule has 0 radical (unpaired) electrons. The highest BCUT2D eigenvalue weighted by molar-refractivity contribution is 7.99. The summed E-state index contributed by atoms with van der Waals surface area (Å²) in [4.78, 5) is 1.42. The lowest BCUT2D eigenvalue weighted by molar-refractivity contribution is -0.0134. The van der Waals surface area contributed by atoms with Crippen molar-refractivity contribution in [3.8, 4) is 11.1 Å². The first kappa shape index (κ1) is 17.8. The lowest BCUT2D eigenvalue weighted by Crippen LogP contribution is -2.54. The van der Waals surface area contributed by atoms with Crippen LogP contribution in [0.25, 0.3) is 11.1 Å². The summed E-state index contributed by atoms with van der Waals surface area (Å²) < 4.78 is 0. The Balaban J connectivity index is 1.12. The molecule has 142 valence electrons. The summed E-state index contributed by atoms with van der Waals surface area (Å²) in [6.45, 7) is 1.19.